The number of aromatic nitrogens is 3. The largest absolute Gasteiger partial charge is 0.474 e. The molecule has 1 amide bonds. The first-order valence-electron chi connectivity index (χ1n) is 15.7. The number of carbonyl (C=O) groups excluding carboxylic acids is 1. The van der Waals surface area contributed by atoms with Crippen LogP contribution < -0.4 is 4.74 Å². The van der Waals surface area contributed by atoms with Gasteiger partial charge in [-0.3, -0.25) is 4.79 Å². The lowest BCUT2D eigenvalue weighted by molar-refractivity contribution is -0.127. The fraction of sp³-hybridized carbons (Fsp3) is 0.361. The first kappa shape index (κ1) is 32.3. The lowest BCUT2D eigenvalue weighted by Gasteiger charge is -2.30. The number of fused-ring (bicyclic) bond motifs is 1. The highest BCUT2D eigenvalue weighted by molar-refractivity contribution is 6.00. The highest BCUT2D eigenvalue weighted by Crippen LogP contribution is 2.40. The van der Waals surface area contributed by atoms with E-state index in [-0.39, 0.29) is 28.5 Å². The second-order valence-corrected chi connectivity index (χ2v) is 11.7. The van der Waals surface area contributed by atoms with Crippen LogP contribution >= 0.6 is 0 Å². The molecule has 0 N–H and O–H groups in total. The number of hydrogen-bond acceptors (Lipinski definition) is 5. The molecule has 7 nitrogen and oxygen atoms in total. The van der Waals surface area contributed by atoms with Crippen LogP contribution in [-0.2, 0) is 9.53 Å². The average Bonchev–Trinajstić information content (AvgIpc) is 3.41. The number of halogens is 4. The van der Waals surface area contributed by atoms with Gasteiger partial charge in [-0.2, -0.15) is 17.6 Å². The van der Waals surface area contributed by atoms with Crippen molar-refractivity contribution in [2.75, 3.05) is 19.7 Å². The van der Waals surface area contributed by atoms with Gasteiger partial charge in [-0.05, 0) is 72.6 Å². The van der Waals surface area contributed by atoms with Crippen molar-refractivity contribution in [3.05, 3.63) is 89.5 Å². The van der Waals surface area contributed by atoms with E-state index in [1.165, 1.54) is 10.9 Å². The van der Waals surface area contributed by atoms with Gasteiger partial charge in [0.15, 0.2) is 6.23 Å². The van der Waals surface area contributed by atoms with Crippen LogP contribution in [0, 0.1) is 17.8 Å². The summed E-state index contributed by atoms with van der Waals surface area (Å²) in [7, 11) is 0. The average molecular weight is 647 g/mol. The van der Waals surface area contributed by atoms with Gasteiger partial charge >= 0.3 is 6.18 Å². The molecular weight excluding hydrogens is 612 g/mol. The van der Waals surface area contributed by atoms with Gasteiger partial charge in [-0.25, -0.2) is 9.67 Å². The number of nitrogens with zero attached hydrogens (tertiary/aromatic N) is 4. The minimum atomic E-state index is -4.52. The van der Waals surface area contributed by atoms with Crippen LogP contribution in [0.2, 0.25) is 0 Å². The van der Waals surface area contributed by atoms with Gasteiger partial charge < -0.3 is 14.4 Å². The Morgan fingerprint density at radius 3 is 2.43 bits per heavy atom. The van der Waals surface area contributed by atoms with Gasteiger partial charge in [0.2, 0.25) is 11.8 Å². The van der Waals surface area contributed by atoms with Crippen molar-refractivity contribution < 1.29 is 31.8 Å². The molecule has 2 aliphatic heterocycles. The summed E-state index contributed by atoms with van der Waals surface area (Å²) in [6.07, 6.45) is -1.10. The number of pyridine rings is 1. The fourth-order valence-electron chi connectivity index (χ4n) is 6.22. The summed E-state index contributed by atoms with van der Waals surface area (Å²) in [6.45, 7) is 3.18. The molecule has 47 heavy (non-hydrogen) atoms. The number of rotatable bonds is 7. The molecule has 1 atom stereocenters. The molecule has 244 valence electrons. The molecule has 2 fully saturated rings. The Morgan fingerprint density at radius 1 is 1.00 bits per heavy atom. The van der Waals surface area contributed by atoms with Crippen molar-refractivity contribution in [2.45, 2.75) is 64.0 Å². The van der Waals surface area contributed by atoms with Crippen LogP contribution in [0.15, 0.2) is 66.9 Å². The number of hydrogen-bond donors (Lipinski definition) is 0. The van der Waals surface area contributed by atoms with E-state index in [9.17, 15) is 18.0 Å². The molecule has 6 rings (SSSR count). The minimum absolute atomic E-state index is 0.0311. The Bertz CT molecular complexity index is 1810. The first-order chi connectivity index (χ1) is 22.7. The monoisotopic (exact) mass is 646 g/mol. The molecule has 2 aliphatic rings. The predicted molar refractivity (Wildman–Crippen MR) is 169 cm³/mol. The standard InChI is InChI=1S/C36H34F4N4O3/c1-2-8-32(45)43-18-16-27(17-19-43)47-31-15-13-26(23-41-31)34(29(22-36(38,39)40)24-9-4-3-5-10-24)25-12-14-30-28(21-25)35(37)42-44(30)33-11-6-7-20-46-33/h3-5,9-10,12-15,21,23,27,33H,6-7,11,16-20,22H2,1H3/b34-29-. The summed E-state index contributed by atoms with van der Waals surface area (Å²) in [5, 5.41) is 4.30. The van der Waals surface area contributed by atoms with E-state index in [0.29, 0.717) is 67.0 Å². The highest BCUT2D eigenvalue weighted by atomic mass is 19.4. The number of allylic oxidation sites excluding steroid dienone is 1. The van der Waals surface area contributed by atoms with Gasteiger partial charge in [0.1, 0.15) is 6.10 Å². The number of likely N-dealkylation sites (tertiary alicyclic amines) is 1. The van der Waals surface area contributed by atoms with Crippen LogP contribution in [0.4, 0.5) is 17.6 Å². The lowest BCUT2D eigenvalue weighted by Crippen LogP contribution is -2.41. The summed E-state index contributed by atoms with van der Waals surface area (Å²) in [6, 6.07) is 16.6. The zero-order valence-electron chi connectivity index (χ0n) is 25.9. The molecule has 2 saturated heterocycles. The van der Waals surface area contributed by atoms with Crippen molar-refractivity contribution in [1.29, 1.82) is 0 Å². The van der Waals surface area contributed by atoms with E-state index >= 15 is 4.39 Å². The van der Waals surface area contributed by atoms with Crippen molar-refractivity contribution in [2.24, 2.45) is 0 Å². The van der Waals surface area contributed by atoms with E-state index in [1.807, 2.05) is 0 Å². The Balaban J connectivity index is 1.37. The number of ether oxygens (including phenoxy) is 2. The third-order valence-electron chi connectivity index (χ3n) is 8.45. The smallest absolute Gasteiger partial charge is 0.393 e. The van der Waals surface area contributed by atoms with E-state index in [1.54, 1.807) is 72.5 Å². The zero-order chi connectivity index (χ0) is 33.0. The topological polar surface area (TPSA) is 69.5 Å². The van der Waals surface area contributed by atoms with Crippen LogP contribution in [0.1, 0.15) is 68.4 Å². The molecule has 11 heteroatoms. The van der Waals surface area contributed by atoms with E-state index in [2.05, 4.69) is 21.9 Å². The summed E-state index contributed by atoms with van der Waals surface area (Å²) in [4.78, 5) is 18.2. The Morgan fingerprint density at radius 2 is 1.77 bits per heavy atom. The second-order valence-electron chi connectivity index (χ2n) is 11.7. The number of benzene rings is 2. The molecule has 0 aliphatic carbocycles. The molecule has 2 aromatic heterocycles. The van der Waals surface area contributed by atoms with Crippen molar-refractivity contribution in [1.82, 2.24) is 19.7 Å². The quantitative estimate of drug-likeness (QED) is 0.118. The van der Waals surface area contributed by atoms with Crippen LogP contribution in [0.25, 0.3) is 22.0 Å². The maximum Gasteiger partial charge on any atom is 0.393 e. The molecular formula is C36H34F4N4O3. The zero-order valence-corrected chi connectivity index (χ0v) is 25.9. The molecule has 2 aromatic carbocycles. The number of carbonyl (C=O) groups is 1. The summed E-state index contributed by atoms with van der Waals surface area (Å²) in [5.41, 5.74) is 2.02. The molecule has 4 heterocycles. The summed E-state index contributed by atoms with van der Waals surface area (Å²) in [5.74, 6) is 4.56. The normalized spacial score (nSPS) is 18.0. The van der Waals surface area contributed by atoms with Crippen LogP contribution in [0.5, 0.6) is 5.88 Å². The molecule has 0 bridgehead atoms. The fourth-order valence-corrected chi connectivity index (χ4v) is 6.22. The lowest BCUT2D eigenvalue weighted by atomic mass is 9.88. The van der Waals surface area contributed by atoms with Gasteiger partial charge in [-0.15, -0.1) is 5.10 Å². The molecule has 0 saturated carbocycles. The Kier molecular flexibility index (Phi) is 9.59. The SMILES string of the molecule is CC#CC(=O)N1CCC(Oc2ccc(/C(=C(/CC(F)(F)F)c3ccccc3)c3ccc4c(c3)c(F)nn4C3CCCCO3)cn2)CC1. The second kappa shape index (κ2) is 14.0. The minimum Gasteiger partial charge on any atom is -0.474 e. The van der Waals surface area contributed by atoms with Crippen molar-refractivity contribution >= 4 is 28.0 Å². The first-order valence-corrected chi connectivity index (χ1v) is 15.7. The third-order valence-corrected chi connectivity index (χ3v) is 8.45. The van der Waals surface area contributed by atoms with Crippen LogP contribution in [-0.4, -0.2) is 57.5 Å². The maximum absolute atomic E-state index is 15.3. The van der Waals surface area contributed by atoms with E-state index in [4.69, 9.17) is 9.47 Å². The Labute approximate surface area is 270 Å². The van der Waals surface area contributed by atoms with Gasteiger partial charge in [0.05, 0.1) is 17.3 Å². The predicted octanol–water partition coefficient (Wildman–Crippen LogP) is 7.57. The number of amides is 1. The van der Waals surface area contributed by atoms with Crippen molar-refractivity contribution in [3.63, 3.8) is 0 Å². The van der Waals surface area contributed by atoms with Gasteiger partial charge in [-0.1, -0.05) is 42.3 Å². The molecule has 4 aromatic rings. The summed E-state index contributed by atoms with van der Waals surface area (Å²) < 4.78 is 71.3. The molecule has 1 unspecified atom stereocenters. The van der Waals surface area contributed by atoms with Crippen LogP contribution in [0.3, 0.4) is 0 Å². The Hall–Kier alpha value is -4.69. The maximum atomic E-state index is 15.3. The van der Waals surface area contributed by atoms with E-state index < -0.39 is 24.8 Å². The highest BCUT2D eigenvalue weighted by Gasteiger charge is 2.32. The molecule has 0 spiro atoms. The summed E-state index contributed by atoms with van der Waals surface area (Å²) >= 11 is 0. The van der Waals surface area contributed by atoms with Gasteiger partial charge in [0.25, 0.3) is 5.91 Å². The van der Waals surface area contributed by atoms with E-state index in [0.717, 1.165) is 12.8 Å². The number of alkyl halides is 3. The third kappa shape index (κ3) is 7.49. The molecule has 0 radical (unpaired) electrons. The van der Waals surface area contributed by atoms with Gasteiger partial charge in [0, 0.05) is 50.4 Å². The number of piperidine rings is 1. The van der Waals surface area contributed by atoms with Crippen molar-refractivity contribution in [3.8, 4) is 17.7 Å².